The predicted octanol–water partition coefficient (Wildman–Crippen LogP) is 6.57. The lowest BCUT2D eigenvalue weighted by Crippen LogP contribution is -2.27. The van der Waals surface area contributed by atoms with E-state index in [0.717, 1.165) is 12.1 Å². The minimum absolute atomic E-state index is 0.371. The standard InChI is InChI=1S/C18H12.C7H5F3O3S.CH4O3S/c1-2-8-14-13(7-1)15-9-3-4-11-17(15)18-12-6-5-10-16(14)18;8-7(9,10)14(11,12)13-6-4-2-1-3-5-6;1-5(2,3)4/h1-12H;1-5H;1H3,(H,2,3,4). The predicted molar refractivity (Wildman–Crippen MR) is 138 cm³/mol. The molecule has 0 fully saturated rings. The molecule has 0 spiro atoms. The van der Waals surface area contributed by atoms with Crippen LogP contribution in [0.15, 0.2) is 103 Å². The van der Waals surface area contributed by atoms with Crippen molar-refractivity contribution in [1.82, 2.24) is 0 Å². The minimum Gasteiger partial charge on any atom is -0.376 e. The molecule has 0 saturated heterocycles. The molecule has 0 aromatic heterocycles. The quantitative estimate of drug-likeness (QED) is 0.116. The molecule has 0 bridgehead atoms. The van der Waals surface area contributed by atoms with E-state index in [4.69, 9.17) is 4.55 Å². The van der Waals surface area contributed by atoms with Crippen molar-refractivity contribution in [1.29, 1.82) is 0 Å². The van der Waals surface area contributed by atoms with Crippen molar-refractivity contribution < 1.29 is 38.7 Å². The Labute approximate surface area is 211 Å². The zero-order valence-corrected chi connectivity index (χ0v) is 20.9. The molecule has 6 nitrogen and oxygen atoms in total. The number of para-hydroxylation sites is 1. The molecule has 0 heterocycles. The summed E-state index contributed by atoms with van der Waals surface area (Å²) in [6.07, 6.45) is 0.715. The zero-order valence-electron chi connectivity index (χ0n) is 19.3. The highest BCUT2D eigenvalue weighted by Crippen LogP contribution is 2.34. The Morgan fingerprint density at radius 3 is 1.05 bits per heavy atom. The van der Waals surface area contributed by atoms with Crippen LogP contribution in [-0.4, -0.2) is 33.2 Å². The van der Waals surface area contributed by atoms with E-state index in [1.54, 1.807) is 0 Å². The lowest BCUT2D eigenvalue weighted by molar-refractivity contribution is -0.0500. The normalized spacial score (nSPS) is 11.8. The Morgan fingerprint density at radius 2 is 0.811 bits per heavy atom. The number of benzene rings is 5. The number of fused-ring (bicyclic) bond motifs is 6. The number of hydrogen-bond donors (Lipinski definition) is 1. The Hall–Kier alpha value is -3.67. The first-order valence-electron chi connectivity index (χ1n) is 10.5. The molecule has 5 aromatic carbocycles. The van der Waals surface area contributed by atoms with Crippen LogP contribution < -0.4 is 4.18 Å². The Balaban J connectivity index is 0.000000179. The molecule has 37 heavy (non-hydrogen) atoms. The van der Waals surface area contributed by atoms with Gasteiger partial charge < -0.3 is 4.18 Å². The summed E-state index contributed by atoms with van der Waals surface area (Å²) in [4.78, 5) is 0. The smallest absolute Gasteiger partial charge is 0.376 e. The molecule has 5 aromatic rings. The molecule has 0 radical (unpaired) electrons. The topological polar surface area (TPSA) is 97.7 Å². The van der Waals surface area contributed by atoms with E-state index in [2.05, 4.69) is 77.0 Å². The van der Waals surface area contributed by atoms with E-state index in [0.29, 0.717) is 6.26 Å². The maximum absolute atomic E-state index is 11.8. The first kappa shape index (κ1) is 27.9. The summed E-state index contributed by atoms with van der Waals surface area (Å²) < 4.78 is 86.0. The molecule has 0 saturated carbocycles. The lowest BCUT2D eigenvalue weighted by Gasteiger charge is -2.09. The summed E-state index contributed by atoms with van der Waals surface area (Å²) in [6, 6.07) is 32.4. The first-order valence-corrected chi connectivity index (χ1v) is 13.8. The second-order valence-electron chi connectivity index (χ2n) is 7.67. The van der Waals surface area contributed by atoms with Gasteiger partial charge in [0.05, 0.1) is 6.26 Å². The van der Waals surface area contributed by atoms with Crippen LogP contribution in [0.2, 0.25) is 0 Å². The molecule has 0 unspecified atom stereocenters. The largest absolute Gasteiger partial charge is 0.534 e. The van der Waals surface area contributed by atoms with Gasteiger partial charge in [-0.25, -0.2) is 0 Å². The molecule has 1 N–H and O–H groups in total. The third-order valence-corrected chi connectivity index (χ3v) is 5.86. The highest BCUT2D eigenvalue weighted by Gasteiger charge is 2.48. The number of alkyl halides is 3. The Kier molecular flexibility index (Phi) is 8.42. The van der Waals surface area contributed by atoms with Crippen molar-refractivity contribution in [2.75, 3.05) is 6.26 Å². The van der Waals surface area contributed by atoms with Crippen LogP contribution in [0.3, 0.4) is 0 Å². The van der Waals surface area contributed by atoms with Crippen molar-refractivity contribution in [2.24, 2.45) is 0 Å². The third kappa shape index (κ3) is 7.42. The van der Waals surface area contributed by atoms with Gasteiger partial charge >= 0.3 is 15.6 Å². The third-order valence-electron chi connectivity index (χ3n) is 4.88. The van der Waals surface area contributed by atoms with E-state index >= 15 is 0 Å². The fraction of sp³-hybridized carbons (Fsp3) is 0.0769. The van der Waals surface area contributed by atoms with Crippen LogP contribution in [0, 0.1) is 0 Å². The molecule has 5 rings (SSSR count). The molecule has 0 aliphatic carbocycles. The van der Waals surface area contributed by atoms with Gasteiger partial charge in [-0.3, -0.25) is 4.55 Å². The van der Waals surface area contributed by atoms with E-state index in [1.165, 1.54) is 50.5 Å². The van der Waals surface area contributed by atoms with Gasteiger partial charge in [0.2, 0.25) is 0 Å². The summed E-state index contributed by atoms with van der Waals surface area (Å²) in [7, 11) is -9.22. The van der Waals surface area contributed by atoms with Gasteiger partial charge in [-0.2, -0.15) is 30.0 Å². The minimum atomic E-state index is -5.55. The van der Waals surface area contributed by atoms with Crippen LogP contribution >= 0.6 is 0 Å². The van der Waals surface area contributed by atoms with Crippen LogP contribution in [0.25, 0.3) is 32.3 Å². The van der Waals surface area contributed by atoms with Crippen LogP contribution in [-0.2, 0) is 20.2 Å². The van der Waals surface area contributed by atoms with Gasteiger partial charge in [-0.1, -0.05) is 91.0 Å². The van der Waals surface area contributed by atoms with E-state index in [9.17, 15) is 30.0 Å². The molecule has 0 aliphatic rings. The Morgan fingerprint density at radius 1 is 0.568 bits per heavy atom. The van der Waals surface area contributed by atoms with Crippen LogP contribution in [0.4, 0.5) is 13.2 Å². The van der Waals surface area contributed by atoms with Crippen LogP contribution in [0.1, 0.15) is 0 Å². The summed E-state index contributed by atoms with van der Waals surface area (Å²) in [5, 5.41) is 8.04. The van der Waals surface area contributed by atoms with Crippen molar-refractivity contribution in [3.05, 3.63) is 103 Å². The van der Waals surface area contributed by atoms with Gasteiger partial charge in [0.15, 0.2) is 0 Å². The SMILES string of the molecule is CS(=O)(=O)O.O=S(=O)(Oc1ccccc1)C(F)(F)F.c1ccc2c(c1)c1ccccc1c1ccccc21. The molecular weight excluding hydrogens is 529 g/mol. The number of rotatable bonds is 2. The second kappa shape index (κ2) is 11.2. The van der Waals surface area contributed by atoms with E-state index in [-0.39, 0.29) is 5.75 Å². The molecule has 0 amide bonds. The average Bonchev–Trinajstić information content (AvgIpc) is 2.83. The van der Waals surface area contributed by atoms with Crippen molar-refractivity contribution in [3.8, 4) is 5.75 Å². The van der Waals surface area contributed by atoms with Gasteiger partial charge in [-0.05, 0) is 44.5 Å². The first-order chi connectivity index (χ1) is 17.3. The number of halogens is 3. The molecule has 0 atom stereocenters. The van der Waals surface area contributed by atoms with Crippen molar-refractivity contribution in [2.45, 2.75) is 5.51 Å². The summed E-state index contributed by atoms with van der Waals surface area (Å²) in [6.45, 7) is 0. The molecule has 11 heteroatoms. The van der Waals surface area contributed by atoms with Gasteiger partial charge in [0, 0.05) is 0 Å². The van der Waals surface area contributed by atoms with E-state index < -0.39 is 25.7 Å². The summed E-state index contributed by atoms with van der Waals surface area (Å²) >= 11 is 0. The molecular formula is C26H21F3O6S2. The van der Waals surface area contributed by atoms with Crippen LogP contribution in [0.5, 0.6) is 5.75 Å². The number of hydrogen-bond acceptors (Lipinski definition) is 5. The zero-order chi connectivity index (χ0) is 27.3. The fourth-order valence-electron chi connectivity index (χ4n) is 3.51. The van der Waals surface area contributed by atoms with E-state index in [1.807, 2.05) is 0 Å². The van der Waals surface area contributed by atoms with Crippen molar-refractivity contribution in [3.63, 3.8) is 0 Å². The summed E-state index contributed by atoms with van der Waals surface area (Å²) in [5.41, 5.74) is -5.40. The maximum atomic E-state index is 11.8. The highest BCUT2D eigenvalue weighted by molar-refractivity contribution is 7.88. The molecule has 194 valence electrons. The monoisotopic (exact) mass is 550 g/mol. The second-order valence-corrected chi connectivity index (χ2v) is 10.7. The van der Waals surface area contributed by atoms with Gasteiger partial charge in [0.1, 0.15) is 5.75 Å². The fourth-order valence-corrected chi connectivity index (χ4v) is 3.97. The summed E-state index contributed by atoms with van der Waals surface area (Å²) in [5.74, 6) is -0.371. The van der Waals surface area contributed by atoms with Crippen molar-refractivity contribution >= 4 is 52.6 Å². The lowest BCUT2D eigenvalue weighted by atomic mass is 9.95. The van der Waals surface area contributed by atoms with Gasteiger partial charge in [-0.15, -0.1) is 0 Å². The molecule has 0 aliphatic heterocycles. The average molecular weight is 551 g/mol. The maximum Gasteiger partial charge on any atom is 0.534 e. The van der Waals surface area contributed by atoms with Gasteiger partial charge in [0.25, 0.3) is 10.1 Å². The highest BCUT2D eigenvalue weighted by atomic mass is 32.2. The Bertz CT molecular complexity index is 1510.